The average Bonchev–Trinajstić information content (AvgIpc) is 2.53. The summed E-state index contributed by atoms with van der Waals surface area (Å²) in [5.41, 5.74) is 0. The predicted octanol–water partition coefficient (Wildman–Crippen LogP) is 5.01. The van der Waals surface area contributed by atoms with E-state index in [4.69, 9.17) is 9.47 Å². The Balaban J connectivity index is 0.00000264. The zero-order valence-corrected chi connectivity index (χ0v) is 14.7. The highest BCUT2D eigenvalue weighted by atomic mass is 35.5. The fourth-order valence-corrected chi connectivity index (χ4v) is 2.16. The number of unbranched alkanes of at least 4 members (excludes halogenated alkanes) is 2. The van der Waals surface area contributed by atoms with E-state index in [2.05, 4.69) is 19.0 Å². The summed E-state index contributed by atoms with van der Waals surface area (Å²) in [6.45, 7) is 1.86. The van der Waals surface area contributed by atoms with Gasteiger partial charge in [-0.2, -0.15) is 0 Å². The number of rotatable bonds is 9. The van der Waals surface area contributed by atoms with Crippen molar-refractivity contribution >= 4 is 12.4 Å². The molecule has 0 fully saturated rings. The predicted molar refractivity (Wildman–Crippen MR) is 98.1 cm³/mol. The molecule has 0 radical (unpaired) electrons. The molecule has 2 aromatic rings. The van der Waals surface area contributed by atoms with Crippen molar-refractivity contribution in [3.05, 3.63) is 54.6 Å². The van der Waals surface area contributed by atoms with E-state index in [0.29, 0.717) is 0 Å². The molecule has 4 heteroatoms. The van der Waals surface area contributed by atoms with Crippen molar-refractivity contribution in [2.45, 2.75) is 19.3 Å². The first-order valence-electron chi connectivity index (χ1n) is 7.85. The summed E-state index contributed by atoms with van der Waals surface area (Å²) in [6, 6.07) is 17.6. The van der Waals surface area contributed by atoms with Crippen LogP contribution in [0.2, 0.25) is 0 Å². The van der Waals surface area contributed by atoms with Gasteiger partial charge in [-0.15, -0.1) is 12.4 Å². The number of hydrogen-bond acceptors (Lipinski definition) is 3. The van der Waals surface area contributed by atoms with E-state index in [1.807, 2.05) is 54.6 Å². The monoisotopic (exact) mass is 335 g/mol. The van der Waals surface area contributed by atoms with Gasteiger partial charge in [-0.3, -0.25) is 0 Å². The lowest BCUT2D eigenvalue weighted by atomic mass is 10.2. The van der Waals surface area contributed by atoms with Crippen LogP contribution in [0, 0.1) is 0 Å². The fraction of sp³-hybridized carbons (Fsp3) is 0.368. The average molecular weight is 336 g/mol. The molecule has 3 nitrogen and oxygen atoms in total. The largest absolute Gasteiger partial charge is 0.490 e. The molecule has 0 aliphatic rings. The van der Waals surface area contributed by atoms with Gasteiger partial charge in [0, 0.05) is 0 Å². The van der Waals surface area contributed by atoms with Crippen molar-refractivity contribution in [1.29, 1.82) is 0 Å². The van der Waals surface area contributed by atoms with Crippen molar-refractivity contribution in [3.8, 4) is 17.2 Å². The van der Waals surface area contributed by atoms with Crippen LogP contribution in [0.4, 0.5) is 0 Å². The molecule has 0 amide bonds. The van der Waals surface area contributed by atoms with Crippen LogP contribution in [0.3, 0.4) is 0 Å². The summed E-state index contributed by atoms with van der Waals surface area (Å²) >= 11 is 0. The van der Waals surface area contributed by atoms with Gasteiger partial charge in [-0.25, -0.2) is 0 Å². The van der Waals surface area contributed by atoms with Crippen LogP contribution in [0.25, 0.3) is 0 Å². The number of nitrogens with zero attached hydrogens (tertiary/aromatic N) is 1. The lowest BCUT2D eigenvalue weighted by molar-refractivity contribution is 0.287. The third kappa shape index (κ3) is 7.40. The van der Waals surface area contributed by atoms with Crippen LogP contribution in [0.1, 0.15) is 19.3 Å². The fourth-order valence-electron chi connectivity index (χ4n) is 2.16. The molecule has 126 valence electrons. The van der Waals surface area contributed by atoms with Gasteiger partial charge in [0.2, 0.25) is 0 Å². The number of halogens is 1. The summed E-state index contributed by atoms with van der Waals surface area (Å²) in [7, 11) is 4.21. The molecule has 0 aliphatic heterocycles. The second-order valence-electron chi connectivity index (χ2n) is 5.57. The van der Waals surface area contributed by atoms with Gasteiger partial charge in [-0.05, 0) is 64.2 Å². The first-order valence-corrected chi connectivity index (χ1v) is 7.85. The Morgan fingerprint density at radius 3 is 2.13 bits per heavy atom. The third-order valence-electron chi connectivity index (χ3n) is 3.33. The molecule has 0 unspecified atom stereocenters. The van der Waals surface area contributed by atoms with Gasteiger partial charge in [0.15, 0.2) is 11.5 Å². The molecular formula is C19H26ClNO2. The summed E-state index contributed by atoms with van der Waals surface area (Å²) in [4.78, 5) is 2.21. The first-order chi connectivity index (χ1) is 10.8. The molecule has 0 bridgehead atoms. The van der Waals surface area contributed by atoms with Crippen molar-refractivity contribution in [1.82, 2.24) is 4.90 Å². The molecule has 0 saturated carbocycles. The highest BCUT2D eigenvalue weighted by Crippen LogP contribution is 2.31. The third-order valence-corrected chi connectivity index (χ3v) is 3.33. The van der Waals surface area contributed by atoms with Gasteiger partial charge in [0.05, 0.1) is 6.61 Å². The molecular weight excluding hydrogens is 310 g/mol. The Morgan fingerprint density at radius 2 is 1.43 bits per heavy atom. The minimum atomic E-state index is 0. The van der Waals surface area contributed by atoms with Gasteiger partial charge in [0.25, 0.3) is 0 Å². The Hall–Kier alpha value is -1.71. The molecule has 0 aromatic heterocycles. The molecule has 2 rings (SSSR count). The normalized spacial score (nSPS) is 10.2. The highest BCUT2D eigenvalue weighted by molar-refractivity contribution is 5.85. The minimum absolute atomic E-state index is 0. The molecule has 23 heavy (non-hydrogen) atoms. The number of hydrogen-bond donors (Lipinski definition) is 0. The zero-order chi connectivity index (χ0) is 15.6. The summed E-state index contributed by atoms with van der Waals surface area (Å²) in [5, 5.41) is 0. The maximum Gasteiger partial charge on any atom is 0.169 e. The summed E-state index contributed by atoms with van der Waals surface area (Å²) in [6.07, 6.45) is 3.45. The number of ether oxygens (including phenoxy) is 2. The maximum atomic E-state index is 5.89. The maximum absolute atomic E-state index is 5.89. The molecule has 0 atom stereocenters. The number of benzene rings is 2. The van der Waals surface area contributed by atoms with E-state index >= 15 is 0 Å². The van der Waals surface area contributed by atoms with Crippen LogP contribution in [-0.2, 0) is 0 Å². The van der Waals surface area contributed by atoms with Crippen molar-refractivity contribution in [3.63, 3.8) is 0 Å². The van der Waals surface area contributed by atoms with E-state index in [9.17, 15) is 0 Å². The Morgan fingerprint density at radius 1 is 0.783 bits per heavy atom. The second-order valence-corrected chi connectivity index (χ2v) is 5.57. The van der Waals surface area contributed by atoms with E-state index in [-0.39, 0.29) is 12.4 Å². The van der Waals surface area contributed by atoms with Crippen molar-refractivity contribution < 1.29 is 9.47 Å². The van der Waals surface area contributed by atoms with E-state index in [0.717, 1.165) is 36.8 Å². The van der Waals surface area contributed by atoms with Crippen LogP contribution in [0.15, 0.2) is 54.6 Å². The topological polar surface area (TPSA) is 21.7 Å². The zero-order valence-electron chi connectivity index (χ0n) is 13.9. The Labute approximate surface area is 145 Å². The van der Waals surface area contributed by atoms with Crippen LogP contribution >= 0.6 is 12.4 Å². The van der Waals surface area contributed by atoms with Crippen molar-refractivity contribution in [2.75, 3.05) is 27.2 Å². The minimum Gasteiger partial charge on any atom is -0.490 e. The molecule has 0 saturated heterocycles. The van der Waals surface area contributed by atoms with Gasteiger partial charge in [-0.1, -0.05) is 30.3 Å². The smallest absolute Gasteiger partial charge is 0.169 e. The SMILES string of the molecule is CN(C)CCCCCOc1ccccc1Oc1ccccc1.Cl. The molecule has 0 spiro atoms. The quantitative estimate of drug-likeness (QED) is 0.601. The molecule has 2 aromatic carbocycles. The Kier molecular flexibility index (Phi) is 9.18. The standard InChI is InChI=1S/C19H25NO2.ClH/c1-20(2)15-9-4-10-16-21-18-13-7-8-14-19(18)22-17-11-5-3-6-12-17;/h3,5-8,11-14H,4,9-10,15-16H2,1-2H3;1H. The van der Waals surface area contributed by atoms with Crippen LogP contribution in [0.5, 0.6) is 17.2 Å². The highest BCUT2D eigenvalue weighted by Gasteiger charge is 2.05. The molecule has 0 heterocycles. The van der Waals surface area contributed by atoms with Gasteiger partial charge in [0.1, 0.15) is 5.75 Å². The first kappa shape index (κ1) is 19.3. The van der Waals surface area contributed by atoms with E-state index in [1.54, 1.807) is 0 Å². The molecule has 0 N–H and O–H groups in total. The van der Waals surface area contributed by atoms with Crippen LogP contribution in [-0.4, -0.2) is 32.1 Å². The number of para-hydroxylation sites is 3. The molecule has 0 aliphatic carbocycles. The lowest BCUT2D eigenvalue weighted by Crippen LogP contribution is -2.13. The summed E-state index contributed by atoms with van der Waals surface area (Å²) < 4.78 is 11.8. The Bertz CT molecular complexity index is 546. The van der Waals surface area contributed by atoms with Gasteiger partial charge < -0.3 is 14.4 Å². The van der Waals surface area contributed by atoms with Crippen molar-refractivity contribution in [2.24, 2.45) is 0 Å². The van der Waals surface area contributed by atoms with Crippen LogP contribution < -0.4 is 9.47 Å². The van der Waals surface area contributed by atoms with E-state index in [1.165, 1.54) is 12.8 Å². The van der Waals surface area contributed by atoms with E-state index < -0.39 is 0 Å². The van der Waals surface area contributed by atoms with Gasteiger partial charge >= 0.3 is 0 Å². The summed E-state index contributed by atoms with van der Waals surface area (Å²) in [5.74, 6) is 2.39. The second kappa shape index (κ2) is 10.9. The lowest BCUT2D eigenvalue weighted by Gasteiger charge is -2.13.